The van der Waals surface area contributed by atoms with Gasteiger partial charge in [-0.25, -0.2) is 23.1 Å². The molecular weight excluding hydrogens is 489 g/mol. The van der Waals surface area contributed by atoms with Crippen molar-refractivity contribution in [2.75, 3.05) is 12.3 Å². The molecule has 2 heterocycles. The Balaban J connectivity index is 2.07. The van der Waals surface area contributed by atoms with Gasteiger partial charge in [0.1, 0.15) is 12.3 Å². The van der Waals surface area contributed by atoms with Gasteiger partial charge in [-0.15, -0.1) is 0 Å². The summed E-state index contributed by atoms with van der Waals surface area (Å²) in [6.07, 6.45) is -5.31. The Kier molecular flexibility index (Phi) is 7.36. The molecule has 1 saturated heterocycles. The normalized spacial score (nSPS) is 26.3. The van der Waals surface area contributed by atoms with E-state index in [2.05, 4.69) is 18.1 Å². The lowest BCUT2D eigenvalue weighted by Gasteiger charge is -2.19. The predicted molar refractivity (Wildman–Crippen MR) is 87.2 cm³/mol. The maximum atomic E-state index is 14.0. The third-order valence-corrected chi connectivity index (χ3v) is 7.15. The first kappa shape index (κ1) is 25.1. The fourth-order valence-corrected chi connectivity index (χ4v) is 5.27. The van der Waals surface area contributed by atoms with E-state index >= 15 is 0 Å². The first-order valence-corrected chi connectivity index (χ1v) is 11.9. The maximum Gasteiger partial charge on any atom is 0.490 e. The number of aromatic nitrogens is 2. The van der Waals surface area contributed by atoms with E-state index in [-0.39, 0.29) is 4.57 Å². The molecule has 1 aliphatic heterocycles. The minimum atomic E-state index is -5.76. The lowest BCUT2D eigenvalue weighted by Crippen LogP contribution is -2.32. The Morgan fingerprint density at radius 2 is 1.77 bits per heavy atom. The van der Waals surface area contributed by atoms with E-state index in [1.54, 1.807) is 0 Å². The standard InChI is InChI=1S/C9H14F2N3O13P3/c10-6-7(11)14(9(16)13-8(6)12)5-1-3(15)4(25-5)2-24-29(20,21)27-30(22,23)26-28(17,18)19/h3-5,15H,1-2H2,(H,20,21)(H,22,23)(H2,12,13,16)(H2,17,18,19). The summed E-state index contributed by atoms with van der Waals surface area (Å²) >= 11 is 0. The van der Waals surface area contributed by atoms with Crippen molar-refractivity contribution in [1.82, 2.24) is 9.55 Å². The number of rotatable bonds is 8. The van der Waals surface area contributed by atoms with E-state index in [1.165, 1.54) is 0 Å². The molecule has 0 amide bonds. The summed E-state index contributed by atoms with van der Waals surface area (Å²) in [7, 11) is -16.9. The van der Waals surface area contributed by atoms with Crippen LogP contribution >= 0.6 is 23.5 Å². The molecule has 7 N–H and O–H groups in total. The van der Waals surface area contributed by atoms with Crippen molar-refractivity contribution in [3.05, 3.63) is 22.2 Å². The highest BCUT2D eigenvalue weighted by Crippen LogP contribution is 2.66. The smallest absolute Gasteiger partial charge is 0.390 e. The predicted octanol–water partition coefficient (Wildman–Crippen LogP) is -0.905. The Labute approximate surface area is 164 Å². The summed E-state index contributed by atoms with van der Waals surface area (Å²) < 4.78 is 77.3. The number of hydrogen-bond donors (Lipinski definition) is 6. The third kappa shape index (κ3) is 6.43. The molecule has 2 rings (SSSR count). The summed E-state index contributed by atoms with van der Waals surface area (Å²) in [6, 6.07) is 0. The van der Waals surface area contributed by atoms with Crippen LogP contribution in [-0.2, 0) is 31.6 Å². The molecule has 0 spiro atoms. The quantitative estimate of drug-likeness (QED) is 0.186. The number of ether oxygens (including phenoxy) is 1. The van der Waals surface area contributed by atoms with E-state index in [0.717, 1.165) is 0 Å². The molecule has 0 aromatic carbocycles. The average molecular weight is 503 g/mol. The first-order chi connectivity index (χ1) is 13.5. The molecular formula is C9H14F2N3O13P3. The van der Waals surface area contributed by atoms with Crippen LogP contribution in [0.3, 0.4) is 0 Å². The van der Waals surface area contributed by atoms with Gasteiger partial charge in [-0.2, -0.15) is 22.4 Å². The molecule has 1 aromatic heterocycles. The van der Waals surface area contributed by atoms with Crippen LogP contribution in [0.2, 0.25) is 0 Å². The highest BCUT2D eigenvalue weighted by Gasteiger charge is 2.43. The second kappa shape index (κ2) is 8.78. The van der Waals surface area contributed by atoms with Crippen LogP contribution < -0.4 is 11.4 Å². The molecule has 1 aromatic rings. The number of anilines is 1. The zero-order valence-electron chi connectivity index (χ0n) is 14.2. The van der Waals surface area contributed by atoms with E-state index in [4.69, 9.17) is 25.2 Å². The maximum absolute atomic E-state index is 14.0. The molecule has 0 radical (unpaired) electrons. The number of phosphoric ester groups is 1. The van der Waals surface area contributed by atoms with Crippen LogP contribution in [-0.4, -0.2) is 53.0 Å². The van der Waals surface area contributed by atoms with Crippen molar-refractivity contribution in [3.63, 3.8) is 0 Å². The molecule has 0 saturated carbocycles. The topological polar surface area (TPSA) is 250 Å². The highest BCUT2D eigenvalue weighted by molar-refractivity contribution is 7.66. The van der Waals surface area contributed by atoms with Crippen LogP contribution in [0.5, 0.6) is 0 Å². The van der Waals surface area contributed by atoms with Crippen LogP contribution in [0.4, 0.5) is 14.6 Å². The second-order valence-electron chi connectivity index (χ2n) is 5.57. The molecule has 30 heavy (non-hydrogen) atoms. The molecule has 0 bridgehead atoms. The molecule has 1 fully saturated rings. The van der Waals surface area contributed by atoms with Crippen molar-refractivity contribution in [3.8, 4) is 0 Å². The number of aliphatic hydroxyl groups excluding tert-OH is 1. The minimum Gasteiger partial charge on any atom is -0.390 e. The van der Waals surface area contributed by atoms with Gasteiger partial charge in [0, 0.05) is 6.42 Å². The number of halogens is 2. The molecule has 5 unspecified atom stereocenters. The van der Waals surface area contributed by atoms with Crippen molar-refractivity contribution < 1.29 is 65.0 Å². The summed E-state index contributed by atoms with van der Waals surface area (Å²) in [6.45, 7) is -1.07. The summed E-state index contributed by atoms with van der Waals surface area (Å²) in [5, 5.41) is 9.88. The highest BCUT2D eigenvalue weighted by atomic mass is 31.3. The Hall–Kier alpha value is -1.13. The lowest BCUT2D eigenvalue weighted by atomic mass is 10.2. The molecule has 5 atom stereocenters. The zero-order chi connectivity index (χ0) is 23.1. The van der Waals surface area contributed by atoms with Gasteiger partial charge < -0.3 is 35.2 Å². The largest absolute Gasteiger partial charge is 0.490 e. The number of hydrogen-bond acceptors (Lipinski definition) is 11. The summed E-state index contributed by atoms with van der Waals surface area (Å²) in [4.78, 5) is 50.0. The van der Waals surface area contributed by atoms with Gasteiger partial charge in [-0.3, -0.25) is 4.52 Å². The average Bonchev–Trinajstić information content (AvgIpc) is 2.88. The Morgan fingerprint density at radius 3 is 2.33 bits per heavy atom. The van der Waals surface area contributed by atoms with Crippen LogP contribution in [0.1, 0.15) is 12.6 Å². The van der Waals surface area contributed by atoms with Crippen molar-refractivity contribution in [1.29, 1.82) is 0 Å². The van der Waals surface area contributed by atoms with E-state index < -0.39 is 78.2 Å². The van der Waals surface area contributed by atoms with Gasteiger partial charge in [0.05, 0.1) is 12.7 Å². The SMILES string of the molecule is Nc1nc(=O)n(C2CC(O)C(COP(=O)(O)OP(=O)(O)OP(=O)(O)O)O2)c(F)c1F. The molecule has 21 heteroatoms. The van der Waals surface area contributed by atoms with Crippen molar-refractivity contribution in [2.45, 2.75) is 24.9 Å². The van der Waals surface area contributed by atoms with E-state index in [1.807, 2.05) is 0 Å². The fraction of sp³-hybridized carbons (Fsp3) is 0.556. The molecule has 172 valence electrons. The minimum absolute atomic E-state index is 0.0831. The van der Waals surface area contributed by atoms with Gasteiger partial charge in [0.15, 0.2) is 5.82 Å². The lowest BCUT2D eigenvalue weighted by molar-refractivity contribution is -0.0490. The summed E-state index contributed by atoms with van der Waals surface area (Å²) in [5.41, 5.74) is 3.64. The van der Waals surface area contributed by atoms with Crippen LogP contribution in [0.25, 0.3) is 0 Å². The summed E-state index contributed by atoms with van der Waals surface area (Å²) in [5.74, 6) is -4.43. The van der Waals surface area contributed by atoms with Crippen LogP contribution in [0.15, 0.2) is 4.79 Å². The number of aliphatic hydroxyl groups is 1. The Morgan fingerprint density at radius 1 is 1.17 bits per heavy atom. The fourth-order valence-electron chi connectivity index (χ4n) is 2.24. The zero-order valence-corrected chi connectivity index (χ0v) is 16.9. The number of nitrogens with zero attached hydrogens (tertiary/aromatic N) is 2. The van der Waals surface area contributed by atoms with Crippen molar-refractivity contribution >= 4 is 29.3 Å². The first-order valence-electron chi connectivity index (χ1n) is 7.36. The molecule has 16 nitrogen and oxygen atoms in total. The van der Waals surface area contributed by atoms with Gasteiger partial charge in [0.25, 0.3) is 0 Å². The van der Waals surface area contributed by atoms with Crippen LogP contribution in [0, 0.1) is 11.8 Å². The van der Waals surface area contributed by atoms with Gasteiger partial charge >= 0.3 is 29.2 Å². The number of nitrogens with two attached hydrogens (primary N) is 1. The third-order valence-electron chi connectivity index (χ3n) is 3.35. The molecule has 1 aliphatic rings. The second-order valence-corrected chi connectivity index (χ2v) is 9.99. The van der Waals surface area contributed by atoms with Crippen molar-refractivity contribution in [2.24, 2.45) is 0 Å². The monoisotopic (exact) mass is 503 g/mol. The van der Waals surface area contributed by atoms with Gasteiger partial charge in [-0.05, 0) is 0 Å². The van der Waals surface area contributed by atoms with E-state index in [9.17, 15) is 37.3 Å². The number of phosphoric acid groups is 3. The van der Waals surface area contributed by atoms with E-state index in [0.29, 0.717) is 0 Å². The van der Waals surface area contributed by atoms with Gasteiger partial charge in [0.2, 0.25) is 11.8 Å². The van der Waals surface area contributed by atoms with Gasteiger partial charge in [-0.1, -0.05) is 0 Å². The number of nitrogen functional groups attached to an aromatic ring is 1. The molecule has 0 aliphatic carbocycles. The Bertz CT molecular complexity index is 1010.